The molecule has 0 aliphatic heterocycles. The molecule has 0 aliphatic carbocycles. The van der Waals surface area contributed by atoms with Crippen LogP contribution in [0, 0.1) is 0 Å². The van der Waals surface area contributed by atoms with Gasteiger partial charge in [0, 0.05) is 41.1 Å². The van der Waals surface area contributed by atoms with Crippen LogP contribution in [0.5, 0.6) is 0 Å². The number of ether oxygens (including phenoxy) is 1. The number of methoxy groups -OCH3 is 1. The lowest BCUT2D eigenvalue weighted by Crippen LogP contribution is -2.40. The van der Waals surface area contributed by atoms with Crippen molar-refractivity contribution in [3.8, 4) is 11.3 Å². The first-order valence-corrected chi connectivity index (χ1v) is 10.0. The Balaban J connectivity index is 1.73. The van der Waals surface area contributed by atoms with Crippen LogP contribution in [0.15, 0.2) is 65.3 Å². The number of aliphatic hydroxyl groups excluding tert-OH is 1. The van der Waals surface area contributed by atoms with Crippen molar-refractivity contribution < 1.29 is 19.1 Å². The van der Waals surface area contributed by atoms with Crippen molar-refractivity contribution in [2.45, 2.75) is 13.0 Å². The van der Waals surface area contributed by atoms with Gasteiger partial charge in [-0.2, -0.15) is 0 Å². The maximum atomic E-state index is 11.9. The molecular formula is C23H25ClN2O4. The van der Waals surface area contributed by atoms with Gasteiger partial charge >= 0.3 is 5.97 Å². The van der Waals surface area contributed by atoms with Crippen LogP contribution in [0.4, 0.5) is 11.4 Å². The van der Waals surface area contributed by atoms with Crippen molar-refractivity contribution in [3.63, 3.8) is 0 Å². The van der Waals surface area contributed by atoms with Crippen LogP contribution in [0.2, 0.25) is 5.02 Å². The number of aliphatic hydroxyl groups is 1. The summed E-state index contributed by atoms with van der Waals surface area (Å²) in [6, 6.07) is 16.9. The van der Waals surface area contributed by atoms with E-state index in [2.05, 4.69) is 17.1 Å². The fourth-order valence-electron chi connectivity index (χ4n) is 3.32. The highest BCUT2D eigenvalue weighted by Crippen LogP contribution is 2.28. The van der Waals surface area contributed by atoms with Gasteiger partial charge in [0.15, 0.2) is 0 Å². The Labute approximate surface area is 181 Å². The Morgan fingerprint density at radius 3 is 2.77 bits per heavy atom. The lowest BCUT2D eigenvalue weighted by molar-refractivity contribution is 0.0601. The molecule has 2 N–H and O–H groups in total. The number of nitrogens with one attached hydrogen (secondary N) is 1. The van der Waals surface area contributed by atoms with Gasteiger partial charge in [-0.3, -0.25) is 0 Å². The van der Waals surface area contributed by atoms with E-state index >= 15 is 0 Å². The molecule has 158 valence electrons. The zero-order valence-electron chi connectivity index (χ0n) is 17.0. The summed E-state index contributed by atoms with van der Waals surface area (Å²) < 4.78 is 10.3. The van der Waals surface area contributed by atoms with E-state index in [4.69, 9.17) is 20.8 Å². The minimum atomic E-state index is -0.438. The van der Waals surface area contributed by atoms with Crippen molar-refractivity contribution in [2.75, 3.05) is 37.0 Å². The van der Waals surface area contributed by atoms with Gasteiger partial charge in [-0.25, -0.2) is 4.79 Å². The number of rotatable bonds is 9. The Kier molecular flexibility index (Phi) is 7.38. The second-order valence-electron chi connectivity index (χ2n) is 6.86. The third kappa shape index (κ3) is 5.14. The van der Waals surface area contributed by atoms with Crippen molar-refractivity contribution in [3.05, 3.63) is 71.4 Å². The Morgan fingerprint density at radius 2 is 2.03 bits per heavy atom. The molecule has 0 bridgehead atoms. The molecule has 0 fully saturated rings. The minimum absolute atomic E-state index is 0.0428. The number of benzene rings is 2. The zero-order chi connectivity index (χ0) is 21.5. The van der Waals surface area contributed by atoms with Gasteiger partial charge in [0.2, 0.25) is 0 Å². The second kappa shape index (κ2) is 10.2. The predicted molar refractivity (Wildman–Crippen MR) is 119 cm³/mol. The first-order valence-electron chi connectivity index (χ1n) is 9.66. The quantitative estimate of drug-likeness (QED) is 0.482. The highest BCUT2D eigenvalue weighted by molar-refractivity contribution is 6.30. The van der Waals surface area contributed by atoms with E-state index in [0.717, 1.165) is 16.9 Å². The number of carbonyl (C=O) groups is 1. The number of anilines is 2. The first-order chi connectivity index (χ1) is 14.5. The first kappa shape index (κ1) is 21.7. The van der Waals surface area contributed by atoms with Gasteiger partial charge in [-0.05, 0) is 43.3 Å². The Morgan fingerprint density at radius 1 is 1.23 bits per heavy atom. The molecule has 7 heteroatoms. The van der Waals surface area contributed by atoms with Gasteiger partial charge < -0.3 is 24.5 Å². The Bertz CT molecular complexity index is 989. The van der Waals surface area contributed by atoms with E-state index in [1.807, 2.05) is 48.5 Å². The van der Waals surface area contributed by atoms with Crippen molar-refractivity contribution in [2.24, 2.45) is 0 Å². The summed E-state index contributed by atoms with van der Waals surface area (Å²) in [6.45, 7) is 3.26. The van der Waals surface area contributed by atoms with Gasteiger partial charge in [-0.1, -0.05) is 29.8 Å². The number of carbonyl (C=O) groups excluding carboxylic acids is 1. The average Bonchev–Trinajstić information content (AvgIpc) is 3.25. The van der Waals surface area contributed by atoms with Gasteiger partial charge in [-0.15, -0.1) is 0 Å². The fraction of sp³-hybridized carbons (Fsp3) is 0.261. The molecule has 1 aromatic heterocycles. The fourth-order valence-corrected chi connectivity index (χ4v) is 3.50. The molecule has 1 heterocycles. The molecule has 0 saturated heterocycles. The molecule has 6 nitrogen and oxygen atoms in total. The van der Waals surface area contributed by atoms with Crippen molar-refractivity contribution in [1.29, 1.82) is 0 Å². The van der Waals surface area contributed by atoms with Crippen molar-refractivity contribution in [1.82, 2.24) is 0 Å². The molecule has 0 spiro atoms. The SMILES string of the molecule is COC(=O)c1ccoc1-c1cccc(NC[C@@H](C)N(CCO)c2cccc(Cl)c2)c1. The Hall–Kier alpha value is -2.96. The minimum Gasteiger partial charge on any atom is -0.465 e. The maximum absolute atomic E-state index is 11.9. The molecule has 3 aromatic rings. The number of halogens is 1. The van der Waals surface area contributed by atoms with E-state index in [0.29, 0.717) is 29.4 Å². The summed E-state index contributed by atoms with van der Waals surface area (Å²) in [5.41, 5.74) is 3.01. The molecule has 0 unspecified atom stereocenters. The van der Waals surface area contributed by atoms with Crippen molar-refractivity contribution >= 4 is 28.9 Å². The second-order valence-corrected chi connectivity index (χ2v) is 7.30. The van der Waals surface area contributed by atoms with Gasteiger partial charge in [0.05, 0.1) is 20.0 Å². The monoisotopic (exact) mass is 428 g/mol. The molecular weight excluding hydrogens is 404 g/mol. The van der Waals surface area contributed by atoms with E-state index in [9.17, 15) is 9.90 Å². The normalized spacial score (nSPS) is 11.7. The molecule has 0 radical (unpaired) electrons. The molecule has 3 rings (SSSR count). The lowest BCUT2D eigenvalue weighted by Gasteiger charge is -2.31. The molecule has 0 amide bonds. The molecule has 0 saturated carbocycles. The van der Waals surface area contributed by atoms with Crippen LogP contribution in [0.25, 0.3) is 11.3 Å². The molecule has 30 heavy (non-hydrogen) atoms. The van der Waals surface area contributed by atoms with Crippen LogP contribution >= 0.6 is 11.6 Å². The number of esters is 1. The van der Waals surface area contributed by atoms with E-state index in [1.54, 1.807) is 6.07 Å². The number of hydrogen-bond donors (Lipinski definition) is 2. The van der Waals surface area contributed by atoms with Crippen LogP contribution in [-0.4, -0.2) is 43.9 Å². The predicted octanol–water partition coefficient (Wildman–Crippen LogP) is 4.69. The smallest absolute Gasteiger partial charge is 0.341 e. The third-order valence-corrected chi connectivity index (χ3v) is 5.04. The number of nitrogens with zero attached hydrogens (tertiary/aromatic N) is 1. The molecule has 2 aromatic carbocycles. The summed E-state index contributed by atoms with van der Waals surface area (Å²) in [5.74, 6) is 0.0336. The average molecular weight is 429 g/mol. The molecule has 0 aliphatic rings. The lowest BCUT2D eigenvalue weighted by atomic mass is 10.1. The third-order valence-electron chi connectivity index (χ3n) is 4.81. The van der Waals surface area contributed by atoms with Crippen LogP contribution in [-0.2, 0) is 4.74 Å². The summed E-state index contributed by atoms with van der Waals surface area (Å²) in [7, 11) is 1.34. The van der Waals surface area contributed by atoms with Crippen LogP contribution < -0.4 is 10.2 Å². The topological polar surface area (TPSA) is 74.9 Å². The van der Waals surface area contributed by atoms with E-state index in [1.165, 1.54) is 13.4 Å². The number of furan rings is 1. The summed E-state index contributed by atoms with van der Waals surface area (Å²) in [6.07, 6.45) is 1.47. The molecule has 1 atom stereocenters. The standard InChI is InChI=1S/C23H25ClN2O4/c1-16(26(10-11-27)20-8-4-6-18(24)14-20)15-25-19-7-3-5-17(13-19)22-21(9-12-30-22)23(28)29-2/h3-9,12-14,16,25,27H,10-11,15H2,1-2H3/t16-/m1/s1. The highest BCUT2D eigenvalue weighted by atomic mass is 35.5. The number of hydrogen-bond acceptors (Lipinski definition) is 6. The maximum Gasteiger partial charge on any atom is 0.341 e. The van der Waals surface area contributed by atoms with Gasteiger partial charge in [0.1, 0.15) is 11.3 Å². The highest BCUT2D eigenvalue weighted by Gasteiger charge is 2.18. The summed E-state index contributed by atoms with van der Waals surface area (Å²) >= 11 is 6.13. The van der Waals surface area contributed by atoms with E-state index in [-0.39, 0.29) is 12.6 Å². The zero-order valence-corrected chi connectivity index (χ0v) is 17.7. The van der Waals surface area contributed by atoms with E-state index < -0.39 is 5.97 Å². The summed E-state index contributed by atoms with van der Waals surface area (Å²) in [5, 5.41) is 13.6. The van der Waals surface area contributed by atoms with Crippen LogP contribution in [0.1, 0.15) is 17.3 Å². The largest absolute Gasteiger partial charge is 0.465 e. The van der Waals surface area contributed by atoms with Gasteiger partial charge in [0.25, 0.3) is 0 Å². The van der Waals surface area contributed by atoms with Crippen LogP contribution in [0.3, 0.4) is 0 Å². The summed E-state index contributed by atoms with van der Waals surface area (Å²) in [4.78, 5) is 14.0.